The van der Waals surface area contributed by atoms with Crippen molar-refractivity contribution in [2.24, 2.45) is 0 Å². The van der Waals surface area contributed by atoms with Crippen LogP contribution in [0.15, 0.2) is 34.9 Å². The van der Waals surface area contributed by atoms with Gasteiger partial charge in [-0.2, -0.15) is 0 Å². The Hall–Kier alpha value is -2.34. The van der Waals surface area contributed by atoms with Crippen molar-refractivity contribution >= 4 is 6.03 Å². The molecule has 0 bridgehead atoms. The summed E-state index contributed by atoms with van der Waals surface area (Å²) < 4.78 is 10.7. The number of nitrogens with one attached hydrogen (secondary N) is 2. The Labute approximate surface area is 142 Å². The molecule has 0 atom stereocenters. The summed E-state index contributed by atoms with van der Waals surface area (Å²) in [5, 5.41) is 9.47. The van der Waals surface area contributed by atoms with E-state index >= 15 is 0 Å². The molecule has 0 radical (unpaired) electrons. The molecule has 2 N–H and O–H groups in total. The largest absolute Gasteiger partial charge is 0.374 e. The van der Waals surface area contributed by atoms with Gasteiger partial charge in [0.15, 0.2) is 5.76 Å². The molecule has 6 heteroatoms. The summed E-state index contributed by atoms with van der Waals surface area (Å²) in [6.07, 6.45) is 1.01. The molecular weight excluding hydrogens is 306 g/mol. The zero-order valence-electron chi connectivity index (χ0n) is 14.5. The van der Waals surface area contributed by atoms with Gasteiger partial charge in [-0.05, 0) is 31.4 Å². The van der Waals surface area contributed by atoms with Crippen LogP contribution in [0.1, 0.15) is 43.4 Å². The van der Waals surface area contributed by atoms with Gasteiger partial charge in [-0.1, -0.05) is 36.3 Å². The maximum atomic E-state index is 11.9. The number of hydrogen-bond acceptors (Lipinski definition) is 4. The number of amides is 2. The molecule has 1 heterocycles. The van der Waals surface area contributed by atoms with Crippen molar-refractivity contribution in [2.45, 2.75) is 53.0 Å². The number of urea groups is 1. The van der Waals surface area contributed by atoms with E-state index < -0.39 is 0 Å². The van der Waals surface area contributed by atoms with E-state index in [1.807, 2.05) is 51.1 Å². The van der Waals surface area contributed by atoms with Gasteiger partial charge in [0.2, 0.25) is 0 Å². The molecule has 0 aliphatic carbocycles. The van der Waals surface area contributed by atoms with Crippen molar-refractivity contribution in [3.05, 3.63) is 52.9 Å². The molecule has 0 fully saturated rings. The van der Waals surface area contributed by atoms with Crippen LogP contribution in [0.3, 0.4) is 0 Å². The Morgan fingerprint density at radius 2 is 1.96 bits per heavy atom. The molecule has 0 aliphatic rings. The summed E-state index contributed by atoms with van der Waals surface area (Å²) in [5.41, 5.74) is 3.01. The van der Waals surface area contributed by atoms with Crippen molar-refractivity contribution in [1.29, 1.82) is 0 Å². The van der Waals surface area contributed by atoms with Crippen LogP contribution in [0.4, 0.5) is 4.79 Å². The number of carbonyl (C=O) groups excluding carboxylic acids is 1. The van der Waals surface area contributed by atoms with E-state index in [-0.39, 0.29) is 12.1 Å². The first-order valence-corrected chi connectivity index (χ1v) is 8.22. The minimum atomic E-state index is -0.242. The SMILES string of the molecule is CCc1cc(CNC(=O)NCc2cccc(COC(C)C)c2)on1. The third kappa shape index (κ3) is 6.04. The van der Waals surface area contributed by atoms with E-state index in [0.717, 1.165) is 23.2 Å². The smallest absolute Gasteiger partial charge is 0.315 e. The number of ether oxygens (including phenoxy) is 1. The average Bonchev–Trinajstić information content (AvgIpc) is 3.05. The van der Waals surface area contributed by atoms with Gasteiger partial charge < -0.3 is 19.9 Å². The number of nitrogens with zero attached hydrogens (tertiary/aromatic N) is 1. The van der Waals surface area contributed by atoms with Crippen LogP contribution >= 0.6 is 0 Å². The average molecular weight is 331 g/mol. The number of aromatic nitrogens is 1. The zero-order valence-corrected chi connectivity index (χ0v) is 14.5. The highest BCUT2D eigenvalue weighted by Crippen LogP contribution is 2.08. The van der Waals surface area contributed by atoms with Crippen LogP contribution < -0.4 is 10.6 Å². The monoisotopic (exact) mass is 331 g/mol. The summed E-state index contributed by atoms with van der Waals surface area (Å²) in [7, 11) is 0. The molecule has 0 unspecified atom stereocenters. The van der Waals surface area contributed by atoms with Crippen LogP contribution in [-0.2, 0) is 30.9 Å². The molecule has 0 saturated carbocycles. The van der Waals surface area contributed by atoms with Gasteiger partial charge in [0.1, 0.15) is 0 Å². The second kappa shape index (κ2) is 9.08. The highest BCUT2D eigenvalue weighted by molar-refractivity contribution is 5.73. The third-order valence-corrected chi connectivity index (χ3v) is 3.42. The molecule has 0 aliphatic heterocycles. The first-order valence-electron chi connectivity index (χ1n) is 8.22. The van der Waals surface area contributed by atoms with E-state index in [9.17, 15) is 4.79 Å². The maximum Gasteiger partial charge on any atom is 0.315 e. The van der Waals surface area contributed by atoms with Crippen molar-refractivity contribution in [3.63, 3.8) is 0 Å². The summed E-state index contributed by atoms with van der Waals surface area (Å²) in [4.78, 5) is 11.9. The number of rotatable bonds is 8. The Morgan fingerprint density at radius 1 is 1.21 bits per heavy atom. The quantitative estimate of drug-likeness (QED) is 0.779. The molecule has 2 aromatic rings. The van der Waals surface area contributed by atoms with E-state index in [4.69, 9.17) is 9.26 Å². The summed E-state index contributed by atoms with van der Waals surface area (Å²) >= 11 is 0. The predicted octanol–water partition coefficient (Wildman–Crippen LogP) is 3.16. The van der Waals surface area contributed by atoms with Crippen LogP contribution in [0.2, 0.25) is 0 Å². The minimum Gasteiger partial charge on any atom is -0.374 e. The van der Waals surface area contributed by atoms with E-state index in [1.54, 1.807) is 0 Å². The zero-order chi connectivity index (χ0) is 17.4. The van der Waals surface area contributed by atoms with Crippen molar-refractivity contribution in [2.75, 3.05) is 0 Å². The lowest BCUT2D eigenvalue weighted by molar-refractivity contribution is 0.0657. The molecule has 1 aromatic heterocycles. The molecule has 130 valence electrons. The fourth-order valence-electron chi connectivity index (χ4n) is 2.11. The molecule has 0 saturated heterocycles. The lowest BCUT2D eigenvalue weighted by atomic mass is 10.1. The van der Waals surface area contributed by atoms with E-state index in [2.05, 4.69) is 15.8 Å². The highest BCUT2D eigenvalue weighted by Gasteiger charge is 2.06. The summed E-state index contributed by atoms with van der Waals surface area (Å²) in [5.74, 6) is 0.648. The number of carbonyl (C=O) groups is 1. The molecule has 24 heavy (non-hydrogen) atoms. The predicted molar refractivity (Wildman–Crippen MR) is 91.3 cm³/mol. The number of benzene rings is 1. The minimum absolute atomic E-state index is 0.196. The van der Waals surface area contributed by atoms with Gasteiger partial charge in [0.25, 0.3) is 0 Å². The fraction of sp³-hybridized carbons (Fsp3) is 0.444. The topological polar surface area (TPSA) is 76.4 Å². The molecular formula is C18H25N3O3. The lowest BCUT2D eigenvalue weighted by Gasteiger charge is -2.10. The standard InChI is InChI=1S/C18H25N3O3/c1-4-16-9-17(24-21-16)11-20-18(22)19-10-14-6-5-7-15(8-14)12-23-13(2)3/h5-9,13H,4,10-12H2,1-3H3,(H2,19,20,22). The Kier molecular flexibility index (Phi) is 6.81. The fourth-order valence-corrected chi connectivity index (χ4v) is 2.11. The van der Waals surface area contributed by atoms with Gasteiger partial charge in [-0.3, -0.25) is 0 Å². The second-order valence-electron chi connectivity index (χ2n) is 5.85. The van der Waals surface area contributed by atoms with Crippen molar-refractivity contribution in [1.82, 2.24) is 15.8 Å². The van der Waals surface area contributed by atoms with Gasteiger partial charge >= 0.3 is 6.03 Å². The first kappa shape index (κ1) is 18.0. The molecule has 2 amide bonds. The second-order valence-corrected chi connectivity index (χ2v) is 5.85. The Balaban J connectivity index is 1.75. The molecule has 2 rings (SSSR count). The van der Waals surface area contributed by atoms with E-state index in [1.165, 1.54) is 0 Å². The molecule has 1 aromatic carbocycles. The van der Waals surface area contributed by atoms with Gasteiger partial charge in [0.05, 0.1) is 24.9 Å². The number of hydrogen-bond donors (Lipinski definition) is 2. The van der Waals surface area contributed by atoms with Crippen molar-refractivity contribution < 1.29 is 14.1 Å². The van der Waals surface area contributed by atoms with Crippen LogP contribution in [0.25, 0.3) is 0 Å². The maximum absolute atomic E-state index is 11.9. The van der Waals surface area contributed by atoms with Gasteiger partial charge in [0, 0.05) is 12.6 Å². The van der Waals surface area contributed by atoms with Crippen molar-refractivity contribution in [3.8, 4) is 0 Å². The summed E-state index contributed by atoms with van der Waals surface area (Å²) in [6, 6.07) is 9.60. The lowest BCUT2D eigenvalue weighted by Crippen LogP contribution is -2.34. The molecule has 6 nitrogen and oxygen atoms in total. The normalized spacial score (nSPS) is 10.8. The highest BCUT2D eigenvalue weighted by atomic mass is 16.5. The summed E-state index contributed by atoms with van der Waals surface area (Å²) in [6.45, 7) is 7.37. The molecule has 0 spiro atoms. The Bertz CT molecular complexity index is 652. The van der Waals surface area contributed by atoms with Gasteiger partial charge in [-0.15, -0.1) is 0 Å². The van der Waals surface area contributed by atoms with Crippen LogP contribution in [0.5, 0.6) is 0 Å². The third-order valence-electron chi connectivity index (χ3n) is 3.42. The number of aryl methyl sites for hydroxylation is 1. The Morgan fingerprint density at radius 3 is 2.67 bits per heavy atom. The van der Waals surface area contributed by atoms with Crippen LogP contribution in [-0.4, -0.2) is 17.3 Å². The van der Waals surface area contributed by atoms with Gasteiger partial charge in [-0.25, -0.2) is 4.79 Å². The van der Waals surface area contributed by atoms with Crippen LogP contribution in [0, 0.1) is 0 Å². The first-order chi connectivity index (χ1) is 11.6. The van der Waals surface area contributed by atoms with E-state index in [0.29, 0.717) is 25.5 Å².